The second kappa shape index (κ2) is 7.89. The lowest BCUT2D eigenvalue weighted by molar-refractivity contribution is -0.157. The first-order chi connectivity index (χ1) is 14.2. The van der Waals surface area contributed by atoms with E-state index >= 15 is 0 Å². The number of ether oxygens (including phenoxy) is 1. The van der Waals surface area contributed by atoms with Gasteiger partial charge in [-0.15, -0.1) is 0 Å². The summed E-state index contributed by atoms with van der Waals surface area (Å²) in [5.41, 5.74) is 0.903. The summed E-state index contributed by atoms with van der Waals surface area (Å²) in [5, 5.41) is 0. The molecule has 30 heavy (non-hydrogen) atoms. The monoisotopic (exact) mass is 433 g/mol. The van der Waals surface area contributed by atoms with Gasteiger partial charge in [0, 0.05) is 6.42 Å². The lowest BCUT2D eigenvalue weighted by Gasteiger charge is -2.51. The largest absolute Gasteiger partial charge is 0.744 e. The normalized spacial score (nSPS) is 30.5. The smallest absolute Gasteiger partial charge is 0.313 e. The van der Waals surface area contributed by atoms with Crippen LogP contribution in [0.4, 0.5) is 0 Å². The van der Waals surface area contributed by atoms with Gasteiger partial charge in [-0.3, -0.25) is 9.59 Å². The van der Waals surface area contributed by atoms with E-state index < -0.39 is 10.1 Å². The summed E-state index contributed by atoms with van der Waals surface area (Å²) in [7, 11) is -4.27. The van der Waals surface area contributed by atoms with E-state index in [0.717, 1.165) is 31.4 Å². The van der Waals surface area contributed by atoms with E-state index in [1.165, 1.54) is 30.9 Å². The Balaban J connectivity index is 0.000000170. The van der Waals surface area contributed by atoms with E-state index in [0.29, 0.717) is 31.3 Å². The first-order valence-corrected chi connectivity index (χ1v) is 12.0. The Kier molecular flexibility index (Phi) is 5.57. The predicted octanol–water partition coefficient (Wildman–Crippen LogP) is 2.59. The van der Waals surface area contributed by atoms with E-state index in [-0.39, 0.29) is 22.3 Å². The van der Waals surface area contributed by atoms with E-state index in [1.54, 1.807) is 12.1 Å². The molecule has 1 aromatic rings. The van der Waals surface area contributed by atoms with Crippen LogP contribution < -0.4 is 0 Å². The lowest BCUT2D eigenvalue weighted by Crippen LogP contribution is -2.62. The number of fused-ring (bicyclic) bond motifs is 1. The molecule has 3 saturated heterocycles. The van der Waals surface area contributed by atoms with Crippen LogP contribution in [0.25, 0.3) is 0 Å². The number of cyclic esters (lactones) is 1. The number of rotatable bonds is 1. The second-order valence-corrected chi connectivity index (χ2v) is 10.2. The Hall–Kier alpha value is -2.06. The van der Waals surface area contributed by atoms with Crippen LogP contribution in [0.5, 0.6) is 0 Å². The molecular weight excluding hydrogens is 406 g/mol. The van der Waals surface area contributed by atoms with E-state index in [4.69, 9.17) is 4.74 Å². The maximum atomic E-state index is 12.3. The van der Waals surface area contributed by atoms with Crippen LogP contribution in [0.2, 0.25) is 0 Å². The van der Waals surface area contributed by atoms with Crippen LogP contribution in [0.15, 0.2) is 29.2 Å². The summed E-state index contributed by atoms with van der Waals surface area (Å²) >= 11 is 0. The van der Waals surface area contributed by atoms with Crippen LogP contribution in [0.1, 0.15) is 50.5 Å². The summed E-state index contributed by atoms with van der Waals surface area (Å²) < 4.78 is 36.4. The van der Waals surface area contributed by atoms with Crippen molar-refractivity contribution in [2.45, 2.75) is 62.3 Å². The Bertz CT molecular complexity index is 927. The predicted molar refractivity (Wildman–Crippen MR) is 107 cm³/mol. The Morgan fingerprint density at radius 1 is 1.17 bits per heavy atom. The SMILES string of the molecule is Cc1ccc(S(=O)(=O)[O-])cc1.O=C1C[C@@H]2[C+](CCN3C(=O)C[C@@H]4CCCC[C@]423)CO1. The number of carbonyl (C=O) groups excluding carboxylic acids is 2. The molecule has 1 aromatic carbocycles. The highest BCUT2D eigenvalue weighted by Gasteiger charge is 2.67. The number of hydrogen-bond acceptors (Lipinski definition) is 6. The number of amides is 1. The molecule has 0 bridgehead atoms. The van der Waals surface area contributed by atoms with Crippen molar-refractivity contribution in [3.05, 3.63) is 35.7 Å². The zero-order valence-corrected chi connectivity index (χ0v) is 17.9. The van der Waals surface area contributed by atoms with Crippen molar-refractivity contribution in [2.24, 2.45) is 11.8 Å². The van der Waals surface area contributed by atoms with Crippen molar-refractivity contribution in [3.63, 3.8) is 0 Å². The summed E-state index contributed by atoms with van der Waals surface area (Å²) in [6.07, 6.45) is 6.80. The molecule has 0 unspecified atom stereocenters. The number of piperidine rings is 1. The van der Waals surface area contributed by atoms with Crippen LogP contribution in [-0.4, -0.2) is 48.4 Å². The standard InChI is InChI=1S/C15H20NO3.C7H8O3S/c17-13-7-11-3-1-2-5-15(11)12-8-14(18)19-9-10(12)4-6-16(13)15;1-6-2-4-7(5-3-6)11(8,9)10/h11-12H,1-9H2;2-5H,1H3,(H,8,9,10)/q+1;/p-1/t11-,12+,15-;/m0./s1. The first kappa shape index (κ1) is 21.2. The van der Waals surface area contributed by atoms with Crippen molar-refractivity contribution in [2.75, 3.05) is 13.2 Å². The van der Waals surface area contributed by atoms with Gasteiger partial charge in [-0.1, -0.05) is 30.5 Å². The average Bonchev–Trinajstić information content (AvgIpc) is 3.01. The lowest BCUT2D eigenvalue weighted by atomic mass is 9.59. The van der Waals surface area contributed by atoms with Crippen LogP contribution >= 0.6 is 0 Å². The molecule has 0 radical (unpaired) electrons. The molecule has 1 aliphatic carbocycles. The molecule has 162 valence electrons. The molecule has 0 N–H and O–H groups in total. The van der Waals surface area contributed by atoms with Crippen molar-refractivity contribution in [3.8, 4) is 0 Å². The van der Waals surface area contributed by atoms with Crippen LogP contribution in [0.3, 0.4) is 0 Å². The van der Waals surface area contributed by atoms with E-state index in [9.17, 15) is 22.6 Å². The molecule has 0 aromatic heterocycles. The molecule has 3 aliphatic heterocycles. The van der Waals surface area contributed by atoms with Gasteiger partial charge in [0.25, 0.3) is 0 Å². The zero-order chi connectivity index (χ0) is 21.5. The minimum absolute atomic E-state index is 0.0254. The number of esters is 1. The highest BCUT2D eigenvalue weighted by molar-refractivity contribution is 7.85. The average molecular weight is 434 g/mol. The van der Waals surface area contributed by atoms with Crippen molar-refractivity contribution in [1.82, 2.24) is 4.90 Å². The van der Waals surface area contributed by atoms with Gasteiger partial charge in [-0.05, 0) is 37.8 Å². The second-order valence-electron chi connectivity index (χ2n) is 8.78. The molecule has 1 amide bonds. The third-order valence-electron chi connectivity index (χ3n) is 7.16. The third-order valence-corrected chi connectivity index (χ3v) is 8.01. The molecule has 3 heterocycles. The fraction of sp³-hybridized carbons (Fsp3) is 0.591. The van der Waals surface area contributed by atoms with Crippen LogP contribution in [-0.2, 0) is 24.4 Å². The van der Waals surface area contributed by atoms with Gasteiger partial charge in [-0.25, -0.2) is 8.42 Å². The van der Waals surface area contributed by atoms with Gasteiger partial charge in [-0.2, -0.15) is 0 Å². The number of aryl methyl sites for hydroxylation is 1. The molecule has 3 atom stereocenters. The molecule has 4 fully saturated rings. The summed E-state index contributed by atoms with van der Waals surface area (Å²) in [6.45, 7) is 3.17. The van der Waals surface area contributed by atoms with Gasteiger partial charge < -0.3 is 14.2 Å². The third kappa shape index (κ3) is 3.71. The number of benzene rings is 1. The summed E-state index contributed by atoms with van der Waals surface area (Å²) in [5.74, 6) is 2.38. The van der Waals surface area contributed by atoms with Gasteiger partial charge in [0.05, 0.1) is 23.4 Å². The molecule has 1 spiro atoms. The topological polar surface area (TPSA) is 104 Å². The Morgan fingerprint density at radius 2 is 1.90 bits per heavy atom. The molecule has 1 saturated carbocycles. The molecular formula is C22H27NO6S. The van der Waals surface area contributed by atoms with Crippen molar-refractivity contribution >= 4 is 22.0 Å². The van der Waals surface area contributed by atoms with Gasteiger partial charge in [0.2, 0.25) is 12.5 Å². The summed E-state index contributed by atoms with van der Waals surface area (Å²) in [4.78, 5) is 26.0. The van der Waals surface area contributed by atoms with Crippen LogP contribution in [0, 0.1) is 24.7 Å². The van der Waals surface area contributed by atoms with Crippen molar-refractivity contribution in [1.29, 1.82) is 0 Å². The maximum Gasteiger partial charge on any atom is 0.313 e. The van der Waals surface area contributed by atoms with E-state index in [1.807, 2.05) is 6.92 Å². The molecule has 4 aliphatic rings. The fourth-order valence-corrected chi connectivity index (χ4v) is 6.27. The van der Waals surface area contributed by atoms with Gasteiger partial charge >= 0.3 is 5.97 Å². The number of nitrogens with zero attached hydrogens (tertiary/aromatic N) is 1. The maximum absolute atomic E-state index is 12.3. The molecule has 8 heteroatoms. The van der Waals surface area contributed by atoms with Crippen molar-refractivity contribution < 1.29 is 27.3 Å². The number of hydrogen-bond donors (Lipinski definition) is 0. The number of carbonyl (C=O) groups is 2. The molecule has 5 rings (SSSR count). The highest BCUT2D eigenvalue weighted by atomic mass is 32.2. The quantitative estimate of drug-likeness (QED) is 0.383. The highest BCUT2D eigenvalue weighted by Crippen LogP contribution is 2.57. The Morgan fingerprint density at radius 3 is 2.60 bits per heavy atom. The zero-order valence-electron chi connectivity index (χ0n) is 17.1. The molecule has 7 nitrogen and oxygen atoms in total. The Labute approximate surface area is 177 Å². The first-order valence-electron chi connectivity index (χ1n) is 10.5. The van der Waals surface area contributed by atoms with Gasteiger partial charge in [0.15, 0.2) is 0 Å². The van der Waals surface area contributed by atoms with E-state index in [2.05, 4.69) is 4.90 Å². The van der Waals surface area contributed by atoms with Gasteiger partial charge in [0.1, 0.15) is 28.4 Å². The minimum atomic E-state index is -4.27. The summed E-state index contributed by atoms with van der Waals surface area (Å²) in [6, 6.07) is 5.78. The fourth-order valence-electron chi connectivity index (χ4n) is 5.80. The minimum Gasteiger partial charge on any atom is -0.744 e.